The number of amides is 1. The minimum absolute atomic E-state index is 0.0819. The number of nitrogens with one attached hydrogen (secondary N) is 1. The molecule has 28 heavy (non-hydrogen) atoms. The van der Waals surface area contributed by atoms with Crippen LogP contribution in [-0.2, 0) is 22.5 Å². The molecule has 4 nitrogen and oxygen atoms in total. The Morgan fingerprint density at radius 1 is 1.14 bits per heavy atom. The number of nitrogens with zero attached hydrogens (tertiary/aromatic N) is 1. The van der Waals surface area contributed by atoms with Crippen molar-refractivity contribution >= 4 is 28.4 Å². The SMILES string of the molecule is O=C(CCc1cn(Cc2ccccc2Cl)c2ccccc12)NC[C@@H]1CCCO1. The molecule has 0 radical (unpaired) electrons. The van der Waals surface area contributed by atoms with Crippen LogP contribution >= 0.6 is 11.6 Å². The molecule has 5 heteroatoms. The highest BCUT2D eigenvalue weighted by Gasteiger charge is 2.16. The van der Waals surface area contributed by atoms with Gasteiger partial charge in [0, 0.05) is 48.2 Å². The number of fused-ring (bicyclic) bond motifs is 1. The quantitative estimate of drug-likeness (QED) is 0.635. The fourth-order valence-electron chi connectivity index (χ4n) is 3.83. The molecule has 1 fully saturated rings. The first-order valence-electron chi connectivity index (χ1n) is 9.89. The lowest BCUT2D eigenvalue weighted by Gasteiger charge is -2.10. The van der Waals surface area contributed by atoms with Gasteiger partial charge in [-0.3, -0.25) is 4.79 Å². The van der Waals surface area contributed by atoms with Crippen LogP contribution in [0, 0.1) is 0 Å². The van der Waals surface area contributed by atoms with Crippen molar-refractivity contribution in [2.75, 3.05) is 13.2 Å². The molecule has 0 saturated carbocycles. The van der Waals surface area contributed by atoms with Crippen LogP contribution in [0.5, 0.6) is 0 Å². The lowest BCUT2D eigenvalue weighted by atomic mass is 10.1. The van der Waals surface area contributed by atoms with Gasteiger partial charge in [-0.25, -0.2) is 0 Å². The maximum Gasteiger partial charge on any atom is 0.220 e. The first kappa shape index (κ1) is 19.0. The molecule has 1 amide bonds. The Balaban J connectivity index is 1.45. The molecule has 0 bridgehead atoms. The minimum Gasteiger partial charge on any atom is -0.376 e. The van der Waals surface area contributed by atoms with Gasteiger partial charge in [-0.1, -0.05) is 48.0 Å². The average Bonchev–Trinajstić information content (AvgIpc) is 3.35. The van der Waals surface area contributed by atoms with Crippen molar-refractivity contribution in [3.8, 4) is 0 Å². The first-order chi connectivity index (χ1) is 13.7. The summed E-state index contributed by atoms with van der Waals surface area (Å²) in [6.07, 6.45) is 5.66. The van der Waals surface area contributed by atoms with E-state index in [1.165, 1.54) is 10.9 Å². The molecule has 3 aromatic rings. The van der Waals surface area contributed by atoms with Crippen LogP contribution < -0.4 is 5.32 Å². The zero-order chi connectivity index (χ0) is 19.3. The van der Waals surface area contributed by atoms with E-state index in [0.717, 1.165) is 35.6 Å². The summed E-state index contributed by atoms with van der Waals surface area (Å²) in [4.78, 5) is 12.3. The Morgan fingerprint density at radius 3 is 2.79 bits per heavy atom. The van der Waals surface area contributed by atoms with Crippen LogP contribution in [-0.4, -0.2) is 29.7 Å². The number of benzene rings is 2. The minimum atomic E-state index is 0.0819. The largest absolute Gasteiger partial charge is 0.376 e. The van der Waals surface area contributed by atoms with Crippen LogP contribution in [0.3, 0.4) is 0 Å². The molecular formula is C23H25ClN2O2. The zero-order valence-electron chi connectivity index (χ0n) is 15.9. The van der Waals surface area contributed by atoms with Crippen LogP contribution in [0.15, 0.2) is 54.7 Å². The van der Waals surface area contributed by atoms with E-state index in [-0.39, 0.29) is 12.0 Å². The maximum atomic E-state index is 12.3. The Labute approximate surface area is 170 Å². The smallest absolute Gasteiger partial charge is 0.220 e. The number of aryl methyl sites for hydroxylation is 1. The second-order valence-corrected chi connectivity index (χ2v) is 7.74. The van der Waals surface area contributed by atoms with Crippen molar-refractivity contribution in [2.24, 2.45) is 0 Å². The van der Waals surface area contributed by atoms with E-state index < -0.39 is 0 Å². The van der Waals surface area contributed by atoms with Gasteiger partial charge in [0.2, 0.25) is 5.91 Å². The molecule has 0 aliphatic carbocycles. The lowest BCUT2D eigenvalue weighted by Crippen LogP contribution is -2.31. The highest BCUT2D eigenvalue weighted by Crippen LogP contribution is 2.25. The van der Waals surface area contributed by atoms with Crippen molar-refractivity contribution in [3.05, 3.63) is 70.9 Å². The predicted molar refractivity (Wildman–Crippen MR) is 113 cm³/mol. The summed E-state index contributed by atoms with van der Waals surface area (Å²) >= 11 is 6.35. The number of hydrogen-bond acceptors (Lipinski definition) is 2. The molecule has 1 N–H and O–H groups in total. The van der Waals surface area contributed by atoms with Gasteiger partial charge in [-0.2, -0.15) is 0 Å². The van der Waals surface area contributed by atoms with E-state index in [1.54, 1.807) is 0 Å². The van der Waals surface area contributed by atoms with Crippen molar-refractivity contribution in [1.82, 2.24) is 9.88 Å². The number of para-hydroxylation sites is 1. The van der Waals surface area contributed by atoms with Crippen LogP contribution in [0.4, 0.5) is 0 Å². The number of aromatic nitrogens is 1. The van der Waals surface area contributed by atoms with Gasteiger partial charge >= 0.3 is 0 Å². The van der Waals surface area contributed by atoms with Crippen molar-refractivity contribution in [2.45, 2.75) is 38.3 Å². The Bertz CT molecular complexity index is 960. The van der Waals surface area contributed by atoms with Crippen molar-refractivity contribution in [3.63, 3.8) is 0 Å². The molecule has 0 unspecified atom stereocenters. The van der Waals surface area contributed by atoms with Gasteiger partial charge in [0.05, 0.1) is 6.10 Å². The molecule has 1 atom stereocenters. The second kappa shape index (κ2) is 8.80. The maximum absolute atomic E-state index is 12.3. The molecule has 1 aromatic heterocycles. The average molecular weight is 397 g/mol. The summed E-state index contributed by atoms with van der Waals surface area (Å²) in [5.41, 5.74) is 3.44. The molecule has 2 heterocycles. The summed E-state index contributed by atoms with van der Waals surface area (Å²) < 4.78 is 7.78. The summed E-state index contributed by atoms with van der Waals surface area (Å²) in [6.45, 7) is 2.14. The van der Waals surface area contributed by atoms with Crippen LogP contribution in [0.1, 0.15) is 30.4 Å². The van der Waals surface area contributed by atoms with E-state index in [2.05, 4.69) is 34.3 Å². The standard InChI is InChI=1S/C23H25ClN2O2/c24-21-9-3-1-6-18(21)16-26-15-17(20-8-2-4-10-22(20)26)11-12-23(27)25-14-19-7-5-13-28-19/h1-4,6,8-10,15,19H,5,7,11-14,16H2,(H,25,27)/t19-/m0/s1. The molecule has 1 aliphatic rings. The molecule has 0 spiro atoms. The van der Waals surface area contributed by atoms with Gasteiger partial charge < -0.3 is 14.6 Å². The van der Waals surface area contributed by atoms with E-state index in [9.17, 15) is 4.79 Å². The summed E-state index contributed by atoms with van der Waals surface area (Å²) in [5.74, 6) is 0.0819. The number of carbonyl (C=O) groups is 1. The first-order valence-corrected chi connectivity index (χ1v) is 10.3. The van der Waals surface area contributed by atoms with E-state index in [1.807, 2.05) is 30.3 Å². The molecule has 2 aromatic carbocycles. The third-order valence-electron chi connectivity index (χ3n) is 5.34. The van der Waals surface area contributed by atoms with Gasteiger partial charge in [0.1, 0.15) is 0 Å². The number of rotatable bonds is 7. The van der Waals surface area contributed by atoms with Gasteiger partial charge in [-0.05, 0) is 42.5 Å². The van der Waals surface area contributed by atoms with Gasteiger partial charge in [0.25, 0.3) is 0 Å². The van der Waals surface area contributed by atoms with Gasteiger partial charge in [-0.15, -0.1) is 0 Å². The van der Waals surface area contributed by atoms with Crippen LogP contribution in [0.25, 0.3) is 10.9 Å². The number of carbonyl (C=O) groups excluding carboxylic acids is 1. The van der Waals surface area contributed by atoms with Gasteiger partial charge in [0.15, 0.2) is 0 Å². The molecule has 146 valence electrons. The molecular weight excluding hydrogens is 372 g/mol. The van der Waals surface area contributed by atoms with E-state index >= 15 is 0 Å². The zero-order valence-corrected chi connectivity index (χ0v) is 16.6. The third kappa shape index (κ3) is 4.40. The predicted octanol–water partition coefficient (Wildman–Crippen LogP) is 4.57. The summed E-state index contributed by atoms with van der Waals surface area (Å²) in [6, 6.07) is 16.3. The second-order valence-electron chi connectivity index (χ2n) is 7.33. The molecule has 4 rings (SSSR count). The Kier molecular flexibility index (Phi) is 5.98. The monoisotopic (exact) mass is 396 g/mol. The number of halogens is 1. The number of hydrogen-bond donors (Lipinski definition) is 1. The Hall–Kier alpha value is -2.30. The molecule has 1 saturated heterocycles. The highest BCUT2D eigenvalue weighted by atomic mass is 35.5. The Morgan fingerprint density at radius 2 is 1.96 bits per heavy atom. The lowest BCUT2D eigenvalue weighted by molar-refractivity contribution is -0.121. The number of ether oxygens (including phenoxy) is 1. The van der Waals surface area contributed by atoms with Crippen molar-refractivity contribution < 1.29 is 9.53 Å². The molecule has 1 aliphatic heterocycles. The normalized spacial score (nSPS) is 16.5. The van der Waals surface area contributed by atoms with Crippen LogP contribution in [0.2, 0.25) is 5.02 Å². The summed E-state index contributed by atoms with van der Waals surface area (Å²) in [5, 5.41) is 4.98. The van der Waals surface area contributed by atoms with E-state index in [4.69, 9.17) is 16.3 Å². The topological polar surface area (TPSA) is 43.3 Å². The fraction of sp³-hybridized carbons (Fsp3) is 0.348. The summed E-state index contributed by atoms with van der Waals surface area (Å²) in [7, 11) is 0. The van der Waals surface area contributed by atoms with E-state index in [0.29, 0.717) is 25.9 Å². The third-order valence-corrected chi connectivity index (χ3v) is 5.71. The van der Waals surface area contributed by atoms with Crippen molar-refractivity contribution in [1.29, 1.82) is 0 Å². The fourth-order valence-corrected chi connectivity index (χ4v) is 4.03. The highest BCUT2D eigenvalue weighted by molar-refractivity contribution is 6.31.